The Morgan fingerprint density at radius 1 is 1.17 bits per heavy atom. The van der Waals surface area contributed by atoms with Crippen molar-refractivity contribution >= 4 is 12.4 Å². The fraction of sp³-hybridized carbons (Fsp3) is 0.500. The van der Waals surface area contributed by atoms with E-state index in [2.05, 4.69) is 10.1 Å². The number of benzene rings is 1. The Morgan fingerprint density at radius 3 is 2.65 bits per heavy atom. The van der Waals surface area contributed by atoms with E-state index >= 15 is 0 Å². The first-order chi connectivity index (χ1) is 10.6. The Balaban J connectivity index is 0.00000156. The molecule has 0 spiro atoms. The molecule has 2 atom stereocenters. The predicted molar refractivity (Wildman–Crippen MR) is 82.3 cm³/mol. The van der Waals surface area contributed by atoms with Gasteiger partial charge < -0.3 is 10.3 Å². The maximum atomic E-state index is 13.8. The smallest absolute Gasteiger partial charge is 0.230 e. The number of halogens is 3. The summed E-state index contributed by atoms with van der Waals surface area (Å²) in [5.74, 6) is -0.698. The Labute approximate surface area is 138 Å². The molecule has 4 nitrogen and oxygen atoms in total. The molecule has 0 bridgehead atoms. The number of hydrogen-bond donors (Lipinski definition) is 1. The van der Waals surface area contributed by atoms with E-state index in [0.29, 0.717) is 23.7 Å². The first-order valence-corrected chi connectivity index (χ1v) is 7.65. The van der Waals surface area contributed by atoms with E-state index in [1.807, 2.05) is 0 Å². The van der Waals surface area contributed by atoms with Gasteiger partial charge in [0.2, 0.25) is 5.89 Å². The zero-order valence-electron chi connectivity index (χ0n) is 12.5. The van der Waals surface area contributed by atoms with Crippen molar-refractivity contribution in [2.75, 3.05) is 0 Å². The summed E-state index contributed by atoms with van der Waals surface area (Å²) in [7, 11) is 0. The predicted octanol–water partition coefficient (Wildman–Crippen LogP) is 3.77. The lowest BCUT2D eigenvalue weighted by molar-refractivity contribution is 0.348. The van der Waals surface area contributed by atoms with Crippen LogP contribution in [0.1, 0.15) is 61.2 Å². The van der Waals surface area contributed by atoms with Crippen molar-refractivity contribution in [1.82, 2.24) is 10.1 Å². The van der Waals surface area contributed by atoms with Gasteiger partial charge in [-0.05, 0) is 36.8 Å². The van der Waals surface area contributed by atoms with Gasteiger partial charge in [-0.25, -0.2) is 8.78 Å². The van der Waals surface area contributed by atoms with Gasteiger partial charge in [-0.1, -0.05) is 30.1 Å². The molecule has 1 aromatic heterocycles. The van der Waals surface area contributed by atoms with E-state index in [-0.39, 0.29) is 24.2 Å². The summed E-state index contributed by atoms with van der Waals surface area (Å²) in [5, 5.41) is 4.02. The largest absolute Gasteiger partial charge is 0.339 e. The molecule has 2 aliphatic carbocycles. The third-order valence-electron chi connectivity index (χ3n) is 4.87. The topological polar surface area (TPSA) is 64.9 Å². The summed E-state index contributed by atoms with van der Waals surface area (Å²) >= 11 is 0. The van der Waals surface area contributed by atoms with Crippen LogP contribution >= 0.6 is 12.4 Å². The highest BCUT2D eigenvalue weighted by Gasteiger charge is 2.46. The lowest BCUT2D eigenvalue weighted by Crippen LogP contribution is -2.34. The van der Waals surface area contributed by atoms with Gasteiger partial charge in [0.15, 0.2) is 17.5 Å². The molecule has 2 unspecified atom stereocenters. The molecule has 0 aliphatic heterocycles. The summed E-state index contributed by atoms with van der Waals surface area (Å²) in [6, 6.07) is 4.26. The third-order valence-corrected chi connectivity index (χ3v) is 4.87. The van der Waals surface area contributed by atoms with Crippen LogP contribution < -0.4 is 5.73 Å². The molecule has 7 heteroatoms. The summed E-state index contributed by atoms with van der Waals surface area (Å²) < 4.78 is 32.5. The number of aromatic nitrogens is 2. The average Bonchev–Trinajstić information content (AvgIpc) is 2.93. The molecule has 4 rings (SSSR count). The molecule has 1 heterocycles. The van der Waals surface area contributed by atoms with Crippen LogP contribution in [-0.4, -0.2) is 10.1 Å². The Hall–Kier alpha value is -1.53. The fourth-order valence-electron chi connectivity index (χ4n) is 3.44. The minimum atomic E-state index is -0.818. The van der Waals surface area contributed by atoms with Gasteiger partial charge in [0.25, 0.3) is 0 Å². The molecule has 0 amide bonds. The van der Waals surface area contributed by atoms with Gasteiger partial charge >= 0.3 is 0 Å². The van der Waals surface area contributed by atoms with Crippen LogP contribution in [-0.2, 0) is 5.54 Å². The van der Waals surface area contributed by atoms with Crippen molar-refractivity contribution in [3.8, 4) is 0 Å². The van der Waals surface area contributed by atoms with Gasteiger partial charge in [-0.15, -0.1) is 12.4 Å². The Kier molecular flexibility index (Phi) is 4.14. The van der Waals surface area contributed by atoms with E-state index in [4.69, 9.17) is 10.3 Å². The van der Waals surface area contributed by atoms with Crippen LogP contribution in [0, 0.1) is 11.6 Å². The second-order valence-corrected chi connectivity index (χ2v) is 6.41. The standard InChI is InChI=1S/C16H17F2N3O.ClH/c17-12-5-3-4-9(13(12)18)10-8-11(10)14-20-15(21-22-14)16(19)6-1-2-7-16;/h3-5,10-11H,1-2,6-8,19H2;1H. The number of nitrogens with two attached hydrogens (primary N) is 1. The molecule has 2 fully saturated rings. The Morgan fingerprint density at radius 2 is 1.91 bits per heavy atom. The number of nitrogens with zero attached hydrogens (tertiary/aromatic N) is 2. The SMILES string of the molecule is Cl.NC1(c2noc(C3CC3c3cccc(F)c3F)n2)CCCC1. The van der Waals surface area contributed by atoms with Gasteiger partial charge in [-0.2, -0.15) is 4.98 Å². The normalized spacial score (nSPS) is 25.2. The molecule has 2 aromatic rings. The third kappa shape index (κ3) is 2.74. The van der Waals surface area contributed by atoms with Crippen molar-refractivity contribution in [2.45, 2.75) is 49.5 Å². The van der Waals surface area contributed by atoms with Gasteiger partial charge in [0, 0.05) is 5.92 Å². The van der Waals surface area contributed by atoms with E-state index in [0.717, 1.165) is 31.7 Å². The highest BCUT2D eigenvalue weighted by atomic mass is 35.5. The van der Waals surface area contributed by atoms with Crippen LogP contribution in [0.5, 0.6) is 0 Å². The van der Waals surface area contributed by atoms with Crippen LogP contribution in [0.15, 0.2) is 22.7 Å². The zero-order valence-corrected chi connectivity index (χ0v) is 13.3. The first kappa shape index (κ1) is 16.3. The summed E-state index contributed by atoms with van der Waals surface area (Å²) in [5.41, 5.74) is 6.20. The fourth-order valence-corrected chi connectivity index (χ4v) is 3.44. The van der Waals surface area contributed by atoms with E-state index in [1.165, 1.54) is 6.07 Å². The lowest BCUT2D eigenvalue weighted by Gasteiger charge is -2.17. The lowest BCUT2D eigenvalue weighted by atomic mass is 9.99. The molecule has 124 valence electrons. The minimum absolute atomic E-state index is 0. The van der Waals surface area contributed by atoms with Gasteiger partial charge in [0.05, 0.1) is 5.54 Å². The van der Waals surface area contributed by atoms with Crippen molar-refractivity contribution in [1.29, 1.82) is 0 Å². The van der Waals surface area contributed by atoms with Crippen molar-refractivity contribution < 1.29 is 13.3 Å². The van der Waals surface area contributed by atoms with Crippen molar-refractivity contribution in [3.63, 3.8) is 0 Å². The molecule has 2 N–H and O–H groups in total. The number of rotatable bonds is 3. The van der Waals surface area contributed by atoms with E-state index in [1.54, 1.807) is 6.07 Å². The van der Waals surface area contributed by atoms with E-state index < -0.39 is 17.2 Å². The minimum Gasteiger partial charge on any atom is -0.339 e. The molecule has 0 radical (unpaired) electrons. The molecule has 23 heavy (non-hydrogen) atoms. The van der Waals surface area contributed by atoms with Crippen LogP contribution in [0.25, 0.3) is 0 Å². The molecular formula is C16H18ClF2N3O. The second kappa shape index (κ2) is 5.83. The average molecular weight is 342 g/mol. The van der Waals surface area contributed by atoms with Crippen LogP contribution in [0.2, 0.25) is 0 Å². The number of hydrogen-bond acceptors (Lipinski definition) is 4. The zero-order chi connectivity index (χ0) is 15.3. The highest BCUT2D eigenvalue weighted by molar-refractivity contribution is 5.85. The Bertz CT molecular complexity index is 715. The summed E-state index contributed by atoms with van der Waals surface area (Å²) in [6.45, 7) is 0. The molecule has 2 aliphatic rings. The molecule has 2 saturated carbocycles. The maximum absolute atomic E-state index is 13.8. The molecule has 1 aromatic carbocycles. The maximum Gasteiger partial charge on any atom is 0.230 e. The quantitative estimate of drug-likeness (QED) is 0.923. The van der Waals surface area contributed by atoms with Crippen molar-refractivity contribution in [3.05, 3.63) is 47.1 Å². The summed E-state index contributed by atoms with van der Waals surface area (Å²) in [6.07, 6.45) is 4.55. The second-order valence-electron chi connectivity index (χ2n) is 6.41. The van der Waals surface area contributed by atoms with Crippen molar-refractivity contribution in [2.24, 2.45) is 5.73 Å². The van der Waals surface area contributed by atoms with Gasteiger partial charge in [-0.3, -0.25) is 0 Å². The van der Waals surface area contributed by atoms with E-state index in [9.17, 15) is 8.78 Å². The van der Waals surface area contributed by atoms with Crippen LogP contribution in [0.3, 0.4) is 0 Å². The van der Waals surface area contributed by atoms with Gasteiger partial charge in [0.1, 0.15) is 0 Å². The van der Waals surface area contributed by atoms with Crippen LogP contribution in [0.4, 0.5) is 8.78 Å². The highest BCUT2D eigenvalue weighted by Crippen LogP contribution is 2.55. The summed E-state index contributed by atoms with van der Waals surface area (Å²) in [4.78, 5) is 4.43. The monoisotopic (exact) mass is 341 g/mol. The molecular weight excluding hydrogens is 324 g/mol. The first-order valence-electron chi connectivity index (χ1n) is 7.65. The molecule has 0 saturated heterocycles.